The van der Waals surface area contributed by atoms with Gasteiger partial charge in [-0.3, -0.25) is 4.79 Å². The minimum atomic E-state index is -0.520. The van der Waals surface area contributed by atoms with Gasteiger partial charge in [0.15, 0.2) is 0 Å². The number of nitrogens with two attached hydrogens (primary N) is 1. The lowest BCUT2D eigenvalue weighted by atomic mass is 10.1. The van der Waals surface area contributed by atoms with Crippen LogP contribution in [0.3, 0.4) is 0 Å². The van der Waals surface area contributed by atoms with Crippen LogP contribution >= 0.6 is 0 Å². The molecule has 1 aliphatic carbocycles. The summed E-state index contributed by atoms with van der Waals surface area (Å²) in [6.45, 7) is 4.29. The van der Waals surface area contributed by atoms with E-state index in [1.54, 1.807) is 0 Å². The minimum Gasteiger partial charge on any atom is -0.377 e. The van der Waals surface area contributed by atoms with Crippen molar-refractivity contribution in [1.29, 1.82) is 0 Å². The van der Waals surface area contributed by atoms with E-state index in [9.17, 15) is 4.79 Å². The first-order chi connectivity index (χ1) is 7.15. The third kappa shape index (κ3) is 2.32. The van der Waals surface area contributed by atoms with Crippen molar-refractivity contribution in [2.24, 2.45) is 5.73 Å². The highest BCUT2D eigenvalue weighted by Crippen LogP contribution is 2.34. The fourth-order valence-electron chi connectivity index (χ4n) is 2.16. The molecule has 1 unspecified atom stereocenters. The molecule has 0 aromatic rings. The maximum absolute atomic E-state index is 12.0. The van der Waals surface area contributed by atoms with Gasteiger partial charge in [-0.2, -0.15) is 0 Å². The number of hydrogen-bond acceptors (Lipinski definition) is 3. The van der Waals surface area contributed by atoms with Crippen LogP contribution in [0.5, 0.6) is 0 Å². The number of piperidine rings is 1. The number of carbonyl (C=O) groups excluding carboxylic acids is 1. The molecule has 1 atom stereocenters. The van der Waals surface area contributed by atoms with E-state index in [4.69, 9.17) is 10.5 Å². The monoisotopic (exact) mass is 212 g/mol. The number of nitrogens with zero attached hydrogens (tertiary/aromatic N) is 1. The highest BCUT2D eigenvalue weighted by molar-refractivity contribution is 5.89. The number of amides is 1. The minimum absolute atomic E-state index is 0.131. The van der Waals surface area contributed by atoms with Gasteiger partial charge in [-0.15, -0.1) is 0 Å². The lowest BCUT2D eigenvalue weighted by molar-refractivity contribution is -0.137. The van der Waals surface area contributed by atoms with Gasteiger partial charge >= 0.3 is 0 Å². The molecular formula is C11H20N2O2. The van der Waals surface area contributed by atoms with Gasteiger partial charge in [0.05, 0.1) is 11.6 Å². The molecule has 86 valence electrons. The standard InChI is InChI=1S/C11H20N2O2/c1-2-15-9-4-3-7-13(8-9)10(14)11(12)5-6-11/h9H,2-8,12H2,1H3. The summed E-state index contributed by atoms with van der Waals surface area (Å²) in [5.41, 5.74) is 5.39. The van der Waals surface area contributed by atoms with Gasteiger partial charge in [0, 0.05) is 19.7 Å². The molecule has 15 heavy (non-hydrogen) atoms. The lowest BCUT2D eigenvalue weighted by Gasteiger charge is -2.34. The van der Waals surface area contributed by atoms with Crippen LogP contribution in [0, 0.1) is 0 Å². The van der Waals surface area contributed by atoms with Crippen molar-refractivity contribution in [2.45, 2.75) is 44.2 Å². The van der Waals surface area contributed by atoms with E-state index in [2.05, 4.69) is 0 Å². The molecule has 4 heteroatoms. The fraction of sp³-hybridized carbons (Fsp3) is 0.909. The molecule has 1 saturated heterocycles. The highest BCUT2D eigenvalue weighted by Gasteiger charge is 2.48. The van der Waals surface area contributed by atoms with Gasteiger partial charge in [-0.25, -0.2) is 0 Å². The summed E-state index contributed by atoms with van der Waals surface area (Å²) in [6, 6.07) is 0. The Bertz CT molecular complexity index is 249. The summed E-state index contributed by atoms with van der Waals surface area (Å²) < 4.78 is 5.56. The molecule has 1 aliphatic heterocycles. The Morgan fingerprint density at radius 2 is 2.33 bits per heavy atom. The Morgan fingerprint density at radius 3 is 2.93 bits per heavy atom. The fourth-order valence-corrected chi connectivity index (χ4v) is 2.16. The maximum atomic E-state index is 12.0. The summed E-state index contributed by atoms with van der Waals surface area (Å²) in [5, 5.41) is 0. The van der Waals surface area contributed by atoms with Gasteiger partial charge in [-0.1, -0.05) is 0 Å². The van der Waals surface area contributed by atoms with Crippen molar-refractivity contribution in [3.05, 3.63) is 0 Å². The average molecular weight is 212 g/mol. The largest absolute Gasteiger partial charge is 0.377 e. The molecule has 1 heterocycles. The number of hydrogen-bond donors (Lipinski definition) is 1. The third-order valence-corrected chi connectivity index (χ3v) is 3.28. The molecule has 2 aliphatic rings. The highest BCUT2D eigenvalue weighted by atomic mass is 16.5. The molecule has 0 spiro atoms. The van der Waals surface area contributed by atoms with Crippen molar-refractivity contribution in [3.63, 3.8) is 0 Å². The average Bonchev–Trinajstić information content (AvgIpc) is 2.98. The summed E-state index contributed by atoms with van der Waals surface area (Å²) >= 11 is 0. The summed E-state index contributed by atoms with van der Waals surface area (Å²) in [6.07, 6.45) is 4.01. The van der Waals surface area contributed by atoms with E-state index >= 15 is 0 Å². The zero-order valence-corrected chi connectivity index (χ0v) is 9.37. The van der Waals surface area contributed by atoms with Crippen LogP contribution < -0.4 is 5.73 Å². The number of carbonyl (C=O) groups is 1. The van der Waals surface area contributed by atoms with Crippen LogP contribution in [-0.2, 0) is 9.53 Å². The van der Waals surface area contributed by atoms with Crippen LogP contribution in [0.2, 0.25) is 0 Å². The van der Waals surface area contributed by atoms with Crippen molar-refractivity contribution in [2.75, 3.05) is 19.7 Å². The Hall–Kier alpha value is -0.610. The normalized spacial score (nSPS) is 28.9. The lowest BCUT2D eigenvalue weighted by Crippen LogP contribution is -2.51. The van der Waals surface area contributed by atoms with E-state index in [1.807, 2.05) is 11.8 Å². The first kappa shape index (κ1) is 10.9. The second kappa shape index (κ2) is 4.10. The Labute approximate surface area is 90.8 Å². The van der Waals surface area contributed by atoms with E-state index < -0.39 is 5.54 Å². The van der Waals surface area contributed by atoms with E-state index in [-0.39, 0.29) is 12.0 Å². The van der Waals surface area contributed by atoms with Crippen molar-refractivity contribution in [3.8, 4) is 0 Å². The summed E-state index contributed by atoms with van der Waals surface area (Å²) in [5.74, 6) is 0.131. The second-order valence-corrected chi connectivity index (χ2v) is 4.63. The van der Waals surface area contributed by atoms with Crippen LogP contribution in [0.25, 0.3) is 0 Å². The molecule has 0 bridgehead atoms. The molecule has 4 nitrogen and oxygen atoms in total. The zero-order chi connectivity index (χ0) is 10.9. The molecule has 2 fully saturated rings. The van der Waals surface area contributed by atoms with Crippen LogP contribution in [0.1, 0.15) is 32.6 Å². The SMILES string of the molecule is CCOC1CCCN(C(=O)C2(N)CC2)C1. The maximum Gasteiger partial charge on any atom is 0.242 e. The van der Waals surface area contributed by atoms with Crippen LogP contribution in [-0.4, -0.2) is 42.1 Å². The van der Waals surface area contributed by atoms with Crippen LogP contribution in [0.15, 0.2) is 0 Å². The molecule has 1 saturated carbocycles. The number of rotatable bonds is 3. The van der Waals surface area contributed by atoms with E-state index in [0.717, 1.165) is 45.4 Å². The van der Waals surface area contributed by atoms with E-state index in [0.29, 0.717) is 0 Å². The zero-order valence-electron chi connectivity index (χ0n) is 9.37. The van der Waals surface area contributed by atoms with Crippen molar-refractivity contribution in [1.82, 2.24) is 4.90 Å². The second-order valence-electron chi connectivity index (χ2n) is 4.63. The van der Waals surface area contributed by atoms with Crippen LogP contribution in [0.4, 0.5) is 0 Å². The summed E-state index contributed by atoms with van der Waals surface area (Å²) in [7, 11) is 0. The molecule has 1 amide bonds. The quantitative estimate of drug-likeness (QED) is 0.741. The van der Waals surface area contributed by atoms with Gasteiger partial charge in [-0.05, 0) is 32.6 Å². The van der Waals surface area contributed by atoms with Crippen molar-refractivity contribution >= 4 is 5.91 Å². The first-order valence-electron chi connectivity index (χ1n) is 5.85. The van der Waals surface area contributed by atoms with Gasteiger partial charge in [0.1, 0.15) is 0 Å². The topological polar surface area (TPSA) is 55.6 Å². The predicted octanol–water partition coefficient (Wildman–Crippen LogP) is 0.505. The molecule has 2 rings (SSSR count). The van der Waals surface area contributed by atoms with Gasteiger partial charge in [0.25, 0.3) is 0 Å². The number of likely N-dealkylation sites (tertiary alicyclic amines) is 1. The van der Waals surface area contributed by atoms with Gasteiger partial charge in [0.2, 0.25) is 5.91 Å². The predicted molar refractivity (Wildman–Crippen MR) is 57.4 cm³/mol. The number of ether oxygens (including phenoxy) is 1. The first-order valence-corrected chi connectivity index (χ1v) is 5.85. The smallest absolute Gasteiger partial charge is 0.242 e. The molecule has 0 aromatic carbocycles. The summed E-state index contributed by atoms with van der Waals surface area (Å²) in [4.78, 5) is 13.9. The Kier molecular flexibility index (Phi) is 2.98. The molecule has 0 aromatic heterocycles. The Balaban J connectivity index is 1.89. The van der Waals surface area contributed by atoms with E-state index in [1.165, 1.54) is 0 Å². The van der Waals surface area contributed by atoms with Crippen molar-refractivity contribution < 1.29 is 9.53 Å². The Morgan fingerprint density at radius 1 is 1.60 bits per heavy atom. The molecular weight excluding hydrogens is 192 g/mol. The molecule has 2 N–H and O–H groups in total. The molecule has 0 radical (unpaired) electrons. The third-order valence-electron chi connectivity index (χ3n) is 3.28. The van der Waals surface area contributed by atoms with Gasteiger partial charge < -0.3 is 15.4 Å².